The van der Waals surface area contributed by atoms with Crippen LogP contribution in [0.2, 0.25) is 0 Å². The number of ketones is 3. The third-order valence-corrected chi connectivity index (χ3v) is 28.5. The van der Waals surface area contributed by atoms with E-state index < -0.39 is 0 Å². The van der Waals surface area contributed by atoms with Gasteiger partial charge in [0.2, 0.25) is 17.7 Å². The molecule has 5 aromatic carbocycles. The van der Waals surface area contributed by atoms with Crippen molar-refractivity contribution in [3.63, 3.8) is 0 Å². The number of nitrogens with zero attached hydrogens (tertiary/aromatic N) is 19. The smallest absolute Gasteiger partial charge is 0.264 e. The summed E-state index contributed by atoms with van der Waals surface area (Å²) < 4.78 is 33.7. The summed E-state index contributed by atoms with van der Waals surface area (Å²) in [6.07, 6.45) is 19.2. The molecule has 6 fully saturated rings. The molecule has 15 aromatic rings. The van der Waals surface area contributed by atoms with Crippen LogP contribution in [-0.2, 0) is 56.1 Å². The maximum absolute atomic E-state index is 13.8. The number of H-pyrrole nitrogens is 3. The second kappa shape index (κ2) is 43.4. The first kappa shape index (κ1) is 92.1. The number of fused-ring (bicyclic) bond motifs is 6. The summed E-state index contributed by atoms with van der Waals surface area (Å²) in [6, 6.07) is 43.7. The Morgan fingerprint density at radius 1 is 0.365 bits per heavy atom. The number of piperazine rings is 3. The molecule has 10 aromatic heterocycles. The van der Waals surface area contributed by atoms with Crippen LogP contribution in [0.3, 0.4) is 0 Å². The molecular weight excluding hydrogens is 1800 g/mol. The van der Waals surface area contributed by atoms with Crippen molar-refractivity contribution >= 4 is 174 Å². The Labute approximate surface area is 799 Å². The van der Waals surface area contributed by atoms with Crippen molar-refractivity contribution < 1.29 is 52.2 Å². The molecule has 0 bridgehead atoms. The van der Waals surface area contributed by atoms with Crippen LogP contribution in [0.5, 0.6) is 0 Å². The molecule has 0 aliphatic carbocycles. The van der Waals surface area contributed by atoms with Gasteiger partial charge in [-0.1, -0.05) is 97.1 Å². The average molecular weight is 1900 g/mol. The van der Waals surface area contributed by atoms with Crippen molar-refractivity contribution in [1.29, 1.82) is 0 Å². The molecule has 21 rings (SSSR count). The Bertz CT molecular complexity index is 6980. The van der Waals surface area contributed by atoms with Crippen LogP contribution in [0, 0.1) is 5.82 Å². The molecule has 16 heterocycles. The lowest BCUT2D eigenvalue weighted by molar-refractivity contribution is -0.134. The predicted molar refractivity (Wildman–Crippen MR) is 530 cm³/mol. The largest absolute Gasteiger partial charge is 0.378 e. The number of amides is 4. The van der Waals surface area contributed by atoms with Crippen LogP contribution >= 0.6 is 34.0 Å². The van der Waals surface area contributed by atoms with E-state index in [-0.39, 0.29) is 85.3 Å². The lowest BCUT2D eigenvalue weighted by Gasteiger charge is -2.34. The van der Waals surface area contributed by atoms with Gasteiger partial charge >= 0.3 is 0 Å². The van der Waals surface area contributed by atoms with Gasteiger partial charge in [0.25, 0.3) is 5.91 Å². The van der Waals surface area contributed by atoms with Gasteiger partial charge in [0.05, 0.1) is 110 Å². The molecule has 6 saturated heterocycles. The lowest BCUT2D eigenvalue weighted by atomic mass is 10.1. The number of pyridine rings is 1. The highest BCUT2D eigenvalue weighted by atomic mass is 32.1. The average Bonchev–Trinajstić information content (AvgIpc) is 1.65. The van der Waals surface area contributed by atoms with Gasteiger partial charge in [-0.25, -0.2) is 34.3 Å². The monoisotopic (exact) mass is 1900 g/mol. The van der Waals surface area contributed by atoms with E-state index in [1.165, 1.54) is 45.4 Å². The minimum atomic E-state index is -0.380. The SMILES string of the molecule is O=C(/C=C/c1ccccc1)CCC(=O)N1CCN(C(=O)c2cc3nc(-c4cccc5[nH]ncc45)nc(N4CCOCC4)c3s2)CC1.O=C(/C=C/c1ccccc1F)CCC(=O)N1CCN(Cc2cc3nc(-c4cccc5[nH]ncc45)nc(N4CCOCC4)c3s2)CC1.O=C(/C=C/c1ccncc1)CCC(=O)N1CCN(Cc2cc3nc(-c4cccc5[nH]ncc45)nc(N4CCOCC4)c3s2)CC1. The molecule has 0 atom stereocenters. The number of halogens is 1. The number of aromatic nitrogens is 13. The number of rotatable bonds is 26. The van der Waals surface area contributed by atoms with Crippen molar-refractivity contribution in [2.24, 2.45) is 0 Å². The summed E-state index contributed by atoms with van der Waals surface area (Å²) in [5.41, 5.74) is 10.4. The number of benzene rings is 5. The maximum Gasteiger partial charge on any atom is 0.264 e. The summed E-state index contributed by atoms with van der Waals surface area (Å²) >= 11 is 4.88. The molecule has 700 valence electrons. The zero-order chi connectivity index (χ0) is 93.5. The molecule has 0 radical (unpaired) electrons. The number of morpholine rings is 3. The van der Waals surface area contributed by atoms with Crippen molar-refractivity contribution in [3.8, 4) is 34.2 Å². The fourth-order valence-electron chi connectivity index (χ4n) is 17.6. The van der Waals surface area contributed by atoms with Crippen molar-refractivity contribution in [3.05, 3.63) is 226 Å². The summed E-state index contributed by atoms with van der Waals surface area (Å²) in [4.78, 5) is 145. The topological polar surface area (TPSA) is 353 Å². The minimum absolute atomic E-state index is 0.0280. The number of hydrogen-bond donors (Lipinski definition) is 3. The summed E-state index contributed by atoms with van der Waals surface area (Å²) in [6.45, 7) is 17.3. The number of ether oxygens (including phenoxy) is 3. The number of nitrogens with one attached hydrogen (secondary N) is 3. The third kappa shape index (κ3) is 22.3. The molecule has 137 heavy (non-hydrogen) atoms. The number of hydrogen-bond acceptors (Lipinski definition) is 28. The standard InChI is InChI=1S/C34H34FN7O3S.C34H33N7O4S.C33H34N8O3S/c35-28-6-2-1-4-23(28)8-9-24(43)10-11-31(44)41-14-12-40(13-15-41)22-25-20-30-32(46-25)34(42-16-18-45-19-17-42)38-33(37-30)26-5-3-7-29-27(26)21-36-39-29;42-24(10-9-23-5-2-1-3-6-23)11-12-30(43)39-13-15-41(16-14-39)34(44)29-21-28-31(46-29)33(40-17-19-45-20-18-40)37-32(36-28)25-7-4-8-27-26(25)22-35-38-27;42-24(5-4-23-8-10-34-11-9-23)6-7-30(43)40-14-12-39(13-15-40)22-25-20-29-31(45-25)33(41-16-18-44-19-17-41)37-32(36-29)26-2-1-3-28-27(26)21-35-38-28/h1-9,20-21H,10-19,22H2,(H,36,39);1-10,21-22H,11-20H2,(H,35,38);1-5,8-11,20-21H,6-7,12-19,22H2,(H,35,38)/b9-8+;10-9+;5-4+. The van der Waals surface area contributed by atoms with E-state index in [9.17, 15) is 38.0 Å². The Kier molecular flexibility index (Phi) is 29.1. The summed E-state index contributed by atoms with van der Waals surface area (Å²) in [5, 5.41) is 24.7. The molecule has 4 amide bonds. The predicted octanol–water partition coefficient (Wildman–Crippen LogP) is 13.5. The summed E-state index contributed by atoms with van der Waals surface area (Å²) in [5.74, 6) is 3.81. The van der Waals surface area contributed by atoms with Gasteiger partial charge in [-0.05, 0) is 90.0 Å². The summed E-state index contributed by atoms with van der Waals surface area (Å²) in [7, 11) is 0. The van der Waals surface area contributed by atoms with Crippen LogP contribution in [0.4, 0.5) is 21.8 Å². The highest BCUT2D eigenvalue weighted by molar-refractivity contribution is 7.21. The molecule has 32 nitrogen and oxygen atoms in total. The number of thiophene rings is 3. The first-order valence-corrected chi connectivity index (χ1v) is 48.7. The molecule has 6 aliphatic heterocycles. The number of carbonyl (C=O) groups excluding carboxylic acids is 7. The zero-order valence-corrected chi connectivity index (χ0v) is 77.9. The highest BCUT2D eigenvalue weighted by Crippen LogP contribution is 2.41. The van der Waals surface area contributed by atoms with Gasteiger partial charge in [0, 0.05) is 230 Å². The molecule has 0 unspecified atom stereocenters. The minimum Gasteiger partial charge on any atom is -0.378 e. The van der Waals surface area contributed by atoms with E-state index in [1.807, 2.05) is 125 Å². The molecule has 36 heteroatoms. The molecular formula is C101H101FN22O10S3. The highest BCUT2D eigenvalue weighted by Gasteiger charge is 2.32. The van der Waals surface area contributed by atoms with Gasteiger partial charge in [-0.2, -0.15) is 15.3 Å². The second-order valence-electron chi connectivity index (χ2n) is 34.1. The van der Waals surface area contributed by atoms with Crippen LogP contribution < -0.4 is 14.7 Å². The fraction of sp³-hybridized carbons (Fsp3) is 0.317. The van der Waals surface area contributed by atoms with Crippen molar-refractivity contribution in [2.45, 2.75) is 51.6 Å². The normalized spacial score (nSPS) is 16.1. The number of allylic oxidation sites excluding steroid dienone is 3. The van der Waals surface area contributed by atoms with Crippen LogP contribution in [-0.4, -0.2) is 293 Å². The Balaban J connectivity index is 0.000000132. The van der Waals surface area contributed by atoms with E-state index in [1.54, 1.807) is 87.5 Å². The number of carbonyl (C=O) groups is 7. The van der Waals surface area contributed by atoms with E-state index in [4.69, 9.17) is 44.1 Å². The maximum atomic E-state index is 13.8. The fourth-order valence-corrected chi connectivity index (χ4v) is 21.0. The van der Waals surface area contributed by atoms with E-state index in [2.05, 4.69) is 72.2 Å². The van der Waals surface area contributed by atoms with Crippen molar-refractivity contribution in [2.75, 3.05) is 172 Å². The van der Waals surface area contributed by atoms with Crippen LogP contribution in [0.1, 0.15) is 74.6 Å². The van der Waals surface area contributed by atoms with Gasteiger partial charge in [-0.15, -0.1) is 34.0 Å². The Morgan fingerprint density at radius 3 is 1.15 bits per heavy atom. The molecule has 3 N–H and O–H groups in total. The second-order valence-corrected chi connectivity index (χ2v) is 37.4. The first-order chi connectivity index (χ1) is 67.1. The molecule has 6 aliphatic rings. The molecule has 0 saturated carbocycles. The number of anilines is 3. The molecule has 0 spiro atoms. The van der Waals surface area contributed by atoms with Gasteiger partial charge in [0.15, 0.2) is 52.3 Å². The zero-order valence-electron chi connectivity index (χ0n) is 75.4. The van der Waals surface area contributed by atoms with Crippen molar-refractivity contribution in [1.82, 2.24) is 94.9 Å². The van der Waals surface area contributed by atoms with Gasteiger partial charge in [0.1, 0.15) is 5.82 Å². The van der Waals surface area contributed by atoms with Gasteiger partial charge in [-0.3, -0.25) is 63.6 Å². The van der Waals surface area contributed by atoms with Gasteiger partial charge < -0.3 is 48.5 Å². The first-order valence-electron chi connectivity index (χ1n) is 46.2. The number of aromatic amines is 3. The van der Waals surface area contributed by atoms with E-state index in [0.717, 1.165) is 174 Å². The Morgan fingerprint density at radius 2 is 0.730 bits per heavy atom. The lowest BCUT2D eigenvalue weighted by Crippen LogP contribution is -2.50. The van der Waals surface area contributed by atoms with Crippen LogP contribution in [0.25, 0.3) is 116 Å². The quantitative estimate of drug-likeness (QED) is 0.0424. The van der Waals surface area contributed by atoms with E-state index >= 15 is 0 Å². The third-order valence-electron chi connectivity index (χ3n) is 25.2. The Hall–Kier alpha value is -14.0. The van der Waals surface area contributed by atoms with Crippen LogP contribution in [0.15, 0.2) is 189 Å². The van der Waals surface area contributed by atoms with E-state index in [0.29, 0.717) is 133 Å².